The van der Waals surface area contributed by atoms with Gasteiger partial charge in [0.2, 0.25) is 5.88 Å². The molecule has 0 aliphatic rings. The molecule has 130 valence electrons. The summed E-state index contributed by atoms with van der Waals surface area (Å²) in [5.74, 6) is -0.269. The van der Waals surface area contributed by atoms with E-state index in [9.17, 15) is 9.59 Å². The molecule has 3 amide bonds. The lowest BCUT2D eigenvalue weighted by atomic mass is 10.1. The first-order chi connectivity index (χ1) is 11.5. The number of amides is 3. The van der Waals surface area contributed by atoms with Crippen LogP contribution in [0.25, 0.3) is 11.3 Å². The first kappa shape index (κ1) is 18.0. The van der Waals surface area contributed by atoms with Crippen molar-refractivity contribution in [2.75, 3.05) is 11.9 Å². The average molecular weight is 350 g/mol. The summed E-state index contributed by atoms with van der Waals surface area (Å²) in [5, 5.41) is 15.8. The minimum absolute atomic E-state index is 0.0360. The number of carbonyl (C=O) groups excluding carboxylic acids is 2. The molecule has 7 nitrogen and oxygen atoms in total. The van der Waals surface area contributed by atoms with Crippen LogP contribution in [-0.4, -0.2) is 29.7 Å². The van der Waals surface area contributed by atoms with E-state index in [1.807, 2.05) is 37.6 Å². The van der Waals surface area contributed by atoms with E-state index in [2.05, 4.69) is 21.1 Å². The first-order valence-corrected chi connectivity index (χ1v) is 8.85. The van der Waals surface area contributed by atoms with E-state index in [1.54, 1.807) is 0 Å². The molecule has 24 heavy (non-hydrogen) atoms. The molecule has 0 radical (unpaired) electrons. The Hall–Kier alpha value is -2.35. The van der Waals surface area contributed by atoms with Crippen molar-refractivity contribution in [3.63, 3.8) is 0 Å². The van der Waals surface area contributed by atoms with Gasteiger partial charge in [0, 0.05) is 23.5 Å². The van der Waals surface area contributed by atoms with Gasteiger partial charge in [-0.15, -0.1) is 0 Å². The van der Waals surface area contributed by atoms with Crippen molar-refractivity contribution in [2.24, 2.45) is 0 Å². The third-order valence-electron chi connectivity index (χ3n) is 3.18. The van der Waals surface area contributed by atoms with Crippen molar-refractivity contribution in [2.45, 2.75) is 39.7 Å². The van der Waals surface area contributed by atoms with Crippen molar-refractivity contribution in [1.82, 2.24) is 15.8 Å². The zero-order valence-electron chi connectivity index (χ0n) is 14.0. The lowest BCUT2D eigenvalue weighted by Gasteiger charge is -2.09. The number of unbranched alkanes of at least 4 members (excludes halogenated alkanes) is 1. The molecular weight excluding hydrogens is 328 g/mol. The number of nitrogens with zero attached hydrogens (tertiary/aromatic N) is 1. The van der Waals surface area contributed by atoms with Gasteiger partial charge in [0.1, 0.15) is 11.3 Å². The van der Waals surface area contributed by atoms with Crippen LogP contribution in [-0.2, 0) is 0 Å². The van der Waals surface area contributed by atoms with E-state index in [0.29, 0.717) is 12.2 Å². The lowest BCUT2D eigenvalue weighted by molar-refractivity contribution is 0.0954. The van der Waals surface area contributed by atoms with Crippen LogP contribution in [0.3, 0.4) is 0 Å². The van der Waals surface area contributed by atoms with Crippen molar-refractivity contribution in [3.05, 3.63) is 22.4 Å². The second-order valence-corrected chi connectivity index (χ2v) is 6.39. The summed E-state index contributed by atoms with van der Waals surface area (Å²) >= 11 is 1.49. The third kappa shape index (κ3) is 4.58. The number of aromatic nitrogens is 1. The van der Waals surface area contributed by atoms with Crippen LogP contribution in [0.4, 0.5) is 10.7 Å². The number of thiophene rings is 1. The highest BCUT2D eigenvalue weighted by molar-refractivity contribution is 7.08. The molecule has 0 spiro atoms. The normalized spacial score (nSPS) is 10.7. The van der Waals surface area contributed by atoms with Gasteiger partial charge in [-0.25, -0.2) is 4.79 Å². The van der Waals surface area contributed by atoms with Crippen LogP contribution in [0.15, 0.2) is 21.3 Å². The number of hydrogen-bond donors (Lipinski definition) is 3. The molecule has 2 aromatic rings. The summed E-state index contributed by atoms with van der Waals surface area (Å²) in [6, 6.07) is 1.37. The minimum Gasteiger partial charge on any atom is -0.352 e. The van der Waals surface area contributed by atoms with Crippen LogP contribution >= 0.6 is 11.3 Å². The van der Waals surface area contributed by atoms with Gasteiger partial charge >= 0.3 is 6.03 Å². The molecule has 3 N–H and O–H groups in total. The van der Waals surface area contributed by atoms with Gasteiger partial charge in [-0.05, 0) is 31.7 Å². The summed E-state index contributed by atoms with van der Waals surface area (Å²) in [4.78, 5) is 24.5. The molecule has 0 saturated heterocycles. The number of carbonyl (C=O) groups is 2. The Labute approximate surface area is 144 Å². The molecule has 0 bridgehead atoms. The third-order valence-corrected chi connectivity index (χ3v) is 3.86. The second kappa shape index (κ2) is 8.49. The Morgan fingerprint density at radius 2 is 2.17 bits per heavy atom. The van der Waals surface area contributed by atoms with Gasteiger partial charge in [0.05, 0.1) is 0 Å². The minimum atomic E-state index is -0.444. The molecular formula is C16H22N4O3S. The molecule has 2 aromatic heterocycles. The molecule has 2 rings (SSSR count). The van der Waals surface area contributed by atoms with Gasteiger partial charge in [0.25, 0.3) is 5.91 Å². The van der Waals surface area contributed by atoms with Gasteiger partial charge in [-0.3, -0.25) is 10.1 Å². The molecule has 0 aromatic carbocycles. The zero-order valence-corrected chi connectivity index (χ0v) is 14.8. The van der Waals surface area contributed by atoms with E-state index in [4.69, 9.17) is 4.52 Å². The average Bonchev–Trinajstić information content (AvgIpc) is 3.15. The Morgan fingerprint density at radius 3 is 2.79 bits per heavy atom. The van der Waals surface area contributed by atoms with E-state index in [1.165, 1.54) is 11.3 Å². The van der Waals surface area contributed by atoms with Crippen LogP contribution in [0.5, 0.6) is 0 Å². The Bertz CT molecular complexity index is 680. The first-order valence-electron chi connectivity index (χ1n) is 7.90. The van der Waals surface area contributed by atoms with Gasteiger partial charge < -0.3 is 15.2 Å². The summed E-state index contributed by atoms with van der Waals surface area (Å²) in [7, 11) is 0. The lowest BCUT2D eigenvalue weighted by Crippen LogP contribution is -2.35. The van der Waals surface area contributed by atoms with Gasteiger partial charge in [0.15, 0.2) is 0 Å². The van der Waals surface area contributed by atoms with Gasteiger partial charge in [-0.2, -0.15) is 11.3 Å². The van der Waals surface area contributed by atoms with Crippen LogP contribution in [0, 0.1) is 0 Å². The molecule has 0 atom stereocenters. The molecule has 0 aliphatic heterocycles. The van der Waals surface area contributed by atoms with Crippen molar-refractivity contribution in [3.8, 4) is 11.3 Å². The van der Waals surface area contributed by atoms with Crippen LogP contribution in [0.2, 0.25) is 0 Å². The number of nitrogens with one attached hydrogen (secondary N) is 3. The fraction of sp³-hybridized carbons (Fsp3) is 0.438. The summed E-state index contributed by atoms with van der Waals surface area (Å²) in [6.45, 7) is 6.29. The van der Waals surface area contributed by atoms with E-state index in [0.717, 1.165) is 18.4 Å². The molecule has 0 saturated carbocycles. The smallest absolute Gasteiger partial charge is 0.321 e. The highest BCUT2D eigenvalue weighted by atomic mass is 32.1. The maximum Gasteiger partial charge on any atom is 0.321 e. The fourth-order valence-corrected chi connectivity index (χ4v) is 2.69. The Kier molecular flexibility index (Phi) is 6.36. The van der Waals surface area contributed by atoms with E-state index < -0.39 is 6.03 Å². The predicted octanol–water partition coefficient (Wildman–Crippen LogP) is 3.46. The Balaban J connectivity index is 2.26. The maximum absolute atomic E-state index is 12.5. The number of urea groups is 1. The highest BCUT2D eigenvalue weighted by Crippen LogP contribution is 2.30. The molecule has 0 aliphatic carbocycles. The number of hydrogen-bond acceptors (Lipinski definition) is 5. The monoisotopic (exact) mass is 350 g/mol. The zero-order chi connectivity index (χ0) is 17.5. The topological polar surface area (TPSA) is 96.3 Å². The number of anilines is 1. The molecule has 0 fully saturated rings. The van der Waals surface area contributed by atoms with Crippen LogP contribution in [0.1, 0.15) is 44.0 Å². The van der Waals surface area contributed by atoms with Crippen LogP contribution < -0.4 is 16.0 Å². The Morgan fingerprint density at radius 1 is 1.38 bits per heavy atom. The quantitative estimate of drug-likeness (QED) is 0.666. The van der Waals surface area contributed by atoms with E-state index in [-0.39, 0.29) is 23.4 Å². The van der Waals surface area contributed by atoms with Crippen molar-refractivity contribution in [1.29, 1.82) is 0 Å². The fourth-order valence-electron chi connectivity index (χ4n) is 2.05. The molecule has 2 heterocycles. The highest BCUT2D eigenvalue weighted by Gasteiger charge is 2.25. The van der Waals surface area contributed by atoms with E-state index >= 15 is 0 Å². The summed E-state index contributed by atoms with van der Waals surface area (Å²) in [5.41, 5.74) is 1.44. The molecule has 0 unspecified atom stereocenters. The summed E-state index contributed by atoms with van der Waals surface area (Å²) < 4.78 is 5.22. The maximum atomic E-state index is 12.5. The summed E-state index contributed by atoms with van der Waals surface area (Å²) in [6.07, 6.45) is 1.85. The van der Waals surface area contributed by atoms with Crippen molar-refractivity contribution < 1.29 is 14.1 Å². The largest absolute Gasteiger partial charge is 0.352 e. The van der Waals surface area contributed by atoms with Gasteiger partial charge in [-0.1, -0.05) is 18.5 Å². The molecule has 8 heteroatoms. The van der Waals surface area contributed by atoms with Crippen molar-refractivity contribution >= 4 is 29.2 Å². The standard InChI is InChI=1S/C16H22N4O3S/c1-4-5-7-17-14(21)12-13(11-6-8-24-9-11)20-23-15(12)19-16(22)18-10(2)3/h6,8-10H,4-5,7H2,1-3H3,(H,17,21)(H2,18,19,22). The SMILES string of the molecule is CCCCNC(=O)c1c(-c2ccsc2)noc1NC(=O)NC(C)C. The number of rotatable bonds is 7. The second-order valence-electron chi connectivity index (χ2n) is 5.61. The predicted molar refractivity (Wildman–Crippen MR) is 94.3 cm³/mol.